The van der Waals surface area contributed by atoms with Crippen LogP contribution in [0.3, 0.4) is 0 Å². The molecule has 0 aromatic heterocycles. The molecule has 0 unspecified atom stereocenters. The Morgan fingerprint density at radius 2 is 1.93 bits per heavy atom. The van der Waals surface area contributed by atoms with E-state index >= 15 is 0 Å². The van der Waals surface area contributed by atoms with Crippen LogP contribution in [0.4, 0.5) is 4.39 Å². The predicted octanol–water partition coefficient (Wildman–Crippen LogP) is 5.24. The molecule has 4 nitrogen and oxygen atoms in total. The van der Waals surface area contributed by atoms with E-state index in [1.807, 2.05) is 19.1 Å². The summed E-state index contributed by atoms with van der Waals surface area (Å²) < 4.78 is 29.7. The first-order chi connectivity index (χ1) is 13.0. The third-order valence-corrected chi connectivity index (χ3v) is 4.48. The van der Waals surface area contributed by atoms with Gasteiger partial charge in [-0.25, -0.2) is 4.39 Å². The van der Waals surface area contributed by atoms with Crippen LogP contribution in [0.5, 0.6) is 11.5 Å². The maximum atomic E-state index is 13.1. The maximum Gasteiger partial charge on any atom is 0.180 e. The fourth-order valence-electron chi connectivity index (χ4n) is 2.48. The highest BCUT2D eigenvalue weighted by molar-refractivity contribution is 6.32. The van der Waals surface area contributed by atoms with E-state index in [2.05, 4.69) is 5.32 Å². The molecule has 2 aromatic carbocycles. The molecule has 2 aromatic rings. The van der Waals surface area contributed by atoms with Gasteiger partial charge in [0.05, 0.1) is 17.2 Å². The number of nitrogens with one attached hydrogen (secondary N) is 1. The molecule has 7 heteroatoms. The summed E-state index contributed by atoms with van der Waals surface area (Å²) >= 11 is 12.4. The largest absolute Gasteiger partial charge is 0.493 e. The Bertz CT molecular complexity index is 743. The number of rotatable bonds is 11. The van der Waals surface area contributed by atoms with Gasteiger partial charge in [-0.2, -0.15) is 0 Å². The standard InChI is InChI=1S/C20H24Cl2FNO3/c1-3-26-8-4-7-24-12-14-9-18(22)20(19(10-14)25-2)27-13-15-5-6-16(23)11-17(15)21/h5-6,9-11,24H,3-4,7-8,12-13H2,1-2H3. The van der Waals surface area contributed by atoms with Gasteiger partial charge in [0.15, 0.2) is 11.5 Å². The summed E-state index contributed by atoms with van der Waals surface area (Å²) in [5, 5.41) is 4.09. The van der Waals surface area contributed by atoms with Crippen molar-refractivity contribution in [2.45, 2.75) is 26.5 Å². The number of hydrogen-bond donors (Lipinski definition) is 1. The van der Waals surface area contributed by atoms with Crippen LogP contribution in [-0.2, 0) is 17.9 Å². The SMILES string of the molecule is CCOCCCNCc1cc(Cl)c(OCc2ccc(F)cc2Cl)c(OC)c1. The van der Waals surface area contributed by atoms with Gasteiger partial charge >= 0.3 is 0 Å². The molecule has 0 aliphatic carbocycles. The second-order valence-corrected chi connectivity index (χ2v) is 6.68. The number of methoxy groups -OCH3 is 1. The lowest BCUT2D eigenvalue weighted by Crippen LogP contribution is -2.16. The molecule has 0 aliphatic rings. The van der Waals surface area contributed by atoms with Gasteiger partial charge in [0.1, 0.15) is 12.4 Å². The van der Waals surface area contributed by atoms with Gasteiger partial charge in [-0.1, -0.05) is 29.3 Å². The van der Waals surface area contributed by atoms with Gasteiger partial charge in [-0.15, -0.1) is 0 Å². The van der Waals surface area contributed by atoms with E-state index in [0.717, 1.165) is 31.7 Å². The highest BCUT2D eigenvalue weighted by Crippen LogP contribution is 2.37. The molecule has 27 heavy (non-hydrogen) atoms. The van der Waals surface area contributed by atoms with Crippen LogP contribution >= 0.6 is 23.2 Å². The minimum atomic E-state index is -0.391. The molecule has 0 fully saturated rings. The van der Waals surface area contributed by atoms with E-state index < -0.39 is 5.82 Å². The van der Waals surface area contributed by atoms with E-state index in [0.29, 0.717) is 33.7 Å². The van der Waals surface area contributed by atoms with Gasteiger partial charge in [0.2, 0.25) is 0 Å². The number of ether oxygens (including phenoxy) is 3. The van der Waals surface area contributed by atoms with Crippen LogP contribution in [0.2, 0.25) is 10.0 Å². The van der Waals surface area contributed by atoms with Crippen LogP contribution < -0.4 is 14.8 Å². The van der Waals surface area contributed by atoms with Crippen LogP contribution in [0.25, 0.3) is 0 Å². The molecule has 0 radical (unpaired) electrons. The van der Waals surface area contributed by atoms with Crippen LogP contribution in [-0.4, -0.2) is 26.9 Å². The second-order valence-electron chi connectivity index (χ2n) is 5.86. The summed E-state index contributed by atoms with van der Waals surface area (Å²) in [4.78, 5) is 0. The quantitative estimate of drug-likeness (QED) is 0.509. The summed E-state index contributed by atoms with van der Waals surface area (Å²) in [6.07, 6.45) is 0.943. The fourth-order valence-corrected chi connectivity index (χ4v) is 2.99. The van der Waals surface area contributed by atoms with Gasteiger partial charge in [0, 0.05) is 25.3 Å². The molecule has 0 saturated carbocycles. The van der Waals surface area contributed by atoms with Crippen LogP contribution in [0.15, 0.2) is 30.3 Å². The van der Waals surface area contributed by atoms with Gasteiger partial charge in [0.25, 0.3) is 0 Å². The van der Waals surface area contributed by atoms with E-state index in [4.69, 9.17) is 37.4 Å². The Labute approximate surface area is 169 Å². The Balaban J connectivity index is 1.98. The van der Waals surface area contributed by atoms with Crippen molar-refractivity contribution in [1.29, 1.82) is 0 Å². The molecule has 0 atom stereocenters. The summed E-state index contributed by atoms with van der Waals surface area (Å²) in [5.41, 5.74) is 1.65. The first-order valence-electron chi connectivity index (χ1n) is 8.76. The molecule has 0 heterocycles. The minimum Gasteiger partial charge on any atom is -0.493 e. The van der Waals surface area contributed by atoms with Crippen molar-refractivity contribution < 1.29 is 18.6 Å². The Morgan fingerprint density at radius 1 is 1.11 bits per heavy atom. The van der Waals surface area contributed by atoms with Crippen molar-refractivity contribution >= 4 is 23.2 Å². The molecule has 148 valence electrons. The van der Waals surface area contributed by atoms with Gasteiger partial charge in [-0.3, -0.25) is 0 Å². The third-order valence-electron chi connectivity index (χ3n) is 3.85. The Hall–Kier alpha value is -1.53. The summed E-state index contributed by atoms with van der Waals surface area (Å²) in [6, 6.07) is 7.88. The lowest BCUT2D eigenvalue weighted by molar-refractivity contribution is 0.144. The zero-order valence-corrected chi connectivity index (χ0v) is 17.0. The Kier molecular flexibility index (Phi) is 9.15. The molecular weight excluding hydrogens is 392 g/mol. The van der Waals surface area contributed by atoms with Crippen molar-refractivity contribution in [2.24, 2.45) is 0 Å². The van der Waals surface area contributed by atoms with Crippen LogP contribution in [0, 0.1) is 5.82 Å². The summed E-state index contributed by atoms with van der Waals surface area (Å²) in [5.74, 6) is 0.573. The predicted molar refractivity (Wildman–Crippen MR) is 107 cm³/mol. The van der Waals surface area contributed by atoms with Gasteiger partial charge in [-0.05, 0) is 49.7 Å². The number of benzene rings is 2. The van der Waals surface area contributed by atoms with Crippen molar-refractivity contribution in [3.05, 3.63) is 57.3 Å². The van der Waals surface area contributed by atoms with Crippen LogP contribution in [0.1, 0.15) is 24.5 Å². The van der Waals surface area contributed by atoms with E-state index in [1.165, 1.54) is 12.1 Å². The van der Waals surface area contributed by atoms with E-state index in [1.54, 1.807) is 13.2 Å². The molecule has 0 spiro atoms. The fraction of sp³-hybridized carbons (Fsp3) is 0.400. The average molecular weight is 416 g/mol. The summed E-state index contributed by atoms with van der Waals surface area (Å²) in [6.45, 7) is 5.12. The van der Waals surface area contributed by atoms with E-state index in [-0.39, 0.29) is 6.61 Å². The lowest BCUT2D eigenvalue weighted by Gasteiger charge is -2.15. The third kappa shape index (κ3) is 6.85. The highest BCUT2D eigenvalue weighted by Gasteiger charge is 2.13. The zero-order valence-electron chi connectivity index (χ0n) is 15.5. The molecule has 0 saturated heterocycles. The Morgan fingerprint density at radius 3 is 2.63 bits per heavy atom. The number of halogens is 3. The minimum absolute atomic E-state index is 0.157. The van der Waals surface area contributed by atoms with Gasteiger partial charge < -0.3 is 19.5 Å². The molecular formula is C20H24Cl2FNO3. The van der Waals surface area contributed by atoms with Crippen molar-refractivity contribution in [3.63, 3.8) is 0 Å². The second kappa shape index (κ2) is 11.3. The molecule has 0 aliphatic heterocycles. The molecule has 0 bridgehead atoms. The average Bonchev–Trinajstić information content (AvgIpc) is 2.64. The smallest absolute Gasteiger partial charge is 0.180 e. The maximum absolute atomic E-state index is 13.1. The highest BCUT2D eigenvalue weighted by atomic mass is 35.5. The lowest BCUT2D eigenvalue weighted by atomic mass is 10.2. The van der Waals surface area contributed by atoms with Crippen molar-refractivity contribution in [2.75, 3.05) is 26.9 Å². The zero-order chi connectivity index (χ0) is 19.6. The summed E-state index contributed by atoms with van der Waals surface area (Å²) in [7, 11) is 1.56. The van der Waals surface area contributed by atoms with Crippen molar-refractivity contribution in [3.8, 4) is 11.5 Å². The van der Waals surface area contributed by atoms with Crippen molar-refractivity contribution in [1.82, 2.24) is 5.32 Å². The first-order valence-corrected chi connectivity index (χ1v) is 9.52. The molecule has 0 amide bonds. The number of hydrogen-bond acceptors (Lipinski definition) is 4. The normalized spacial score (nSPS) is 10.9. The monoisotopic (exact) mass is 415 g/mol. The first kappa shape index (κ1) is 21.8. The molecule has 1 N–H and O–H groups in total. The topological polar surface area (TPSA) is 39.7 Å². The molecule has 2 rings (SSSR count). The van der Waals surface area contributed by atoms with E-state index in [9.17, 15) is 4.39 Å².